The summed E-state index contributed by atoms with van der Waals surface area (Å²) in [5.74, 6) is 1.86. The summed E-state index contributed by atoms with van der Waals surface area (Å²) >= 11 is 2.86. The van der Waals surface area contributed by atoms with Gasteiger partial charge in [-0.25, -0.2) is 4.98 Å². The van der Waals surface area contributed by atoms with Crippen molar-refractivity contribution in [3.05, 3.63) is 77.3 Å². The Bertz CT molecular complexity index is 1490. The Morgan fingerprint density at radius 1 is 0.974 bits per heavy atom. The molecule has 4 aromatic rings. The molecule has 39 heavy (non-hydrogen) atoms. The van der Waals surface area contributed by atoms with Crippen molar-refractivity contribution < 1.29 is 19.1 Å². The molecule has 2 aliphatic rings. The molecule has 0 atom stereocenters. The van der Waals surface area contributed by atoms with E-state index in [0.29, 0.717) is 13.1 Å². The Kier molecular flexibility index (Phi) is 7.67. The summed E-state index contributed by atoms with van der Waals surface area (Å²) in [4.78, 5) is 34.4. The number of rotatable bonds is 8. The number of piperazine rings is 1. The largest absolute Gasteiger partial charge is 0.454 e. The summed E-state index contributed by atoms with van der Waals surface area (Å²) < 4.78 is 11.7. The van der Waals surface area contributed by atoms with E-state index in [0.717, 1.165) is 57.6 Å². The fourth-order valence-electron chi connectivity index (χ4n) is 4.80. The Hall–Kier alpha value is -3.60. The summed E-state index contributed by atoms with van der Waals surface area (Å²) in [7, 11) is 0. The number of ether oxygens (including phenoxy) is 2. The van der Waals surface area contributed by atoms with Crippen LogP contribution in [0.4, 0.5) is 5.69 Å². The monoisotopic (exact) mass is 560 g/mol. The number of fused-ring (bicyclic) bond motifs is 2. The number of carbonyl (C=O) groups is 2. The van der Waals surface area contributed by atoms with E-state index in [4.69, 9.17) is 9.47 Å². The molecule has 0 saturated carbocycles. The second kappa shape index (κ2) is 11.6. The summed E-state index contributed by atoms with van der Waals surface area (Å²) in [5.41, 5.74) is 2.74. The molecule has 0 aliphatic carbocycles. The number of aromatic nitrogens is 1. The van der Waals surface area contributed by atoms with Crippen molar-refractivity contribution in [2.75, 3.05) is 44.0 Å². The number of thiazole rings is 1. The van der Waals surface area contributed by atoms with Gasteiger partial charge in [-0.1, -0.05) is 54.2 Å². The lowest BCUT2D eigenvalue weighted by molar-refractivity contribution is -0.132. The third-order valence-corrected chi connectivity index (χ3v) is 8.89. The first-order valence-corrected chi connectivity index (χ1v) is 14.7. The third kappa shape index (κ3) is 6.19. The van der Waals surface area contributed by atoms with Gasteiger partial charge in [-0.05, 0) is 29.1 Å². The number of anilines is 1. The number of nitrogens with one attached hydrogen (secondary N) is 1. The zero-order chi connectivity index (χ0) is 26.6. The highest BCUT2D eigenvalue weighted by molar-refractivity contribution is 8.01. The maximum absolute atomic E-state index is 12.9. The van der Waals surface area contributed by atoms with Crippen molar-refractivity contribution in [2.45, 2.75) is 17.3 Å². The minimum Gasteiger partial charge on any atom is -0.454 e. The molecular formula is C29H28N4O4S2. The van der Waals surface area contributed by atoms with E-state index in [1.807, 2.05) is 64.9 Å². The van der Waals surface area contributed by atoms with Gasteiger partial charge in [0, 0.05) is 49.2 Å². The highest BCUT2D eigenvalue weighted by atomic mass is 32.2. The van der Waals surface area contributed by atoms with E-state index >= 15 is 0 Å². The number of nitrogens with zero attached hydrogens (tertiary/aromatic N) is 3. The van der Waals surface area contributed by atoms with Gasteiger partial charge in [0.2, 0.25) is 18.6 Å². The van der Waals surface area contributed by atoms with Crippen LogP contribution in [0.2, 0.25) is 0 Å². The summed E-state index contributed by atoms with van der Waals surface area (Å²) in [5, 5.41) is 7.03. The molecule has 8 nitrogen and oxygen atoms in total. The van der Waals surface area contributed by atoms with E-state index in [-0.39, 0.29) is 30.8 Å². The van der Waals surface area contributed by atoms with Crippen molar-refractivity contribution >= 4 is 51.4 Å². The molecule has 2 amide bonds. The van der Waals surface area contributed by atoms with Crippen LogP contribution in [-0.4, -0.2) is 65.3 Å². The van der Waals surface area contributed by atoms with Crippen LogP contribution in [0.1, 0.15) is 11.3 Å². The molecule has 3 heterocycles. The highest BCUT2D eigenvalue weighted by Gasteiger charge is 2.23. The van der Waals surface area contributed by atoms with Crippen LogP contribution in [0.25, 0.3) is 10.8 Å². The predicted octanol–water partition coefficient (Wildman–Crippen LogP) is 4.64. The van der Waals surface area contributed by atoms with E-state index in [9.17, 15) is 9.59 Å². The van der Waals surface area contributed by atoms with Gasteiger partial charge >= 0.3 is 0 Å². The van der Waals surface area contributed by atoms with Crippen molar-refractivity contribution in [3.8, 4) is 11.5 Å². The molecule has 0 unspecified atom stereocenters. The van der Waals surface area contributed by atoms with Gasteiger partial charge in [-0.3, -0.25) is 14.5 Å². The minimum absolute atomic E-state index is 0.0807. The number of amides is 2. The van der Waals surface area contributed by atoms with E-state index in [1.165, 1.54) is 28.7 Å². The third-order valence-electron chi connectivity index (χ3n) is 6.82. The Labute approximate surface area is 234 Å². The highest BCUT2D eigenvalue weighted by Crippen LogP contribution is 2.33. The molecule has 1 saturated heterocycles. The van der Waals surface area contributed by atoms with Gasteiger partial charge in [0.15, 0.2) is 15.8 Å². The van der Waals surface area contributed by atoms with E-state index in [1.54, 1.807) is 0 Å². The van der Waals surface area contributed by atoms with Gasteiger partial charge < -0.3 is 19.7 Å². The van der Waals surface area contributed by atoms with Gasteiger partial charge in [0.25, 0.3) is 0 Å². The first kappa shape index (κ1) is 25.7. The van der Waals surface area contributed by atoms with Crippen LogP contribution < -0.4 is 14.8 Å². The molecule has 3 aromatic carbocycles. The van der Waals surface area contributed by atoms with Crippen LogP contribution >= 0.6 is 23.1 Å². The first-order valence-electron chi connectivity index (χ1n) is 12.8. The Balaban J connectivity index is 0.950. The van der Waals surface area contributed by atoms with E-state index in [2.05, 4.69) is 21.3 Å². The smallest absolute Gasteiger partial charge is 0.234 e. The van der Waals surface area contributed by atoms with Crippen molar-refractivity contribution in [2.24, 2.45) is 0 Å². The molecular weight excluding hydrogens is 532 g/mol. The summed E-state index contributed by atoms with van der Waals surface area (Å²) in [6.07, 6.45) is 0.279. The lowest BCUT2D eigenvalue weighted by Crippen LogP contribution is -2.48. The normalized spacial score (nSPS) is 15.0. The van der Waals surface area contributed by atoms with Crippen LogP contribution in [0.3, 0.4) is 0 Å². The van der Waals surface area contributed by atoms with Crippen molar-refractivity contribution in [1.29, 1.82) is 0 Å². The fraction of sp³-hybridized carbons (Fsp3) is 0.276. The predicted molar refractivity (Wildman–Crippen MR) is 154 cm³/mol. The number of benzene rings is 3. The van der Waals surface area contributed by atoms with Gasteiger partial charge in [-0.2, -0.15) is 0 Å². The summed E-state index contributed by atoms with van der Waals surface area (Å²) in [6.45, 7) is 4.14. The Morgan fingerprint density at radius 2 is 1.79 bits per heavy atom. The van der Waals surface area contributed by atoms with E-state index < -0.39 is 0 Å². The van der Waals surface area contributed by atoms with Crippen LogP contribution in [-0.2, 0) is 22.6 Å². The minimum atomic E-state index is -0.0807. The molecule has 200 valence electrons. The number of hydrogen-bond donors (Lipinski definition) is 1. The number of carbonyl (C=O) groups excluding carboxylic acids is 2. The van der Waals surface area contributed by atoms with Crippen LogP contribution in [0.5, 0.6) is 11.5 Å². The zero-order valence-electron chi connectivity index (χ0n) is 21.3. The standard InChI is InChI=1S/C29H28N4O4S2/c34-27(31-24-7-3-5-21-4-1-2-6-23(21)24)18-39-29-30-22(17-38-29)15-28(35)33-12-10-32(11-13-33)16-20-8-9-25-26(14-20)37-19-36-25/h1-9,14,17H,10-13,15-16,18-19H2,(H,31,34). The molecule has 10 heteroatoms. The van der Waals surface area contributed by atoms with Crippen LogP contribution in [0, 0.1) is 0 Å². The van der Waals surface area contributed by atoms with Gasteiger partial charge in [-0.15, -0.1) is 11.3 Å². The van der Waals surface area contributed by atoms with Crippen molar-refractivity contribution in [1.82, 2.24) is 14.8 Å². The number of hydrogen-bond acceptors (Lipinski definition) is 8. The summed E-state index contributed by atoms with van der Waals surface area (Å²) in [6, 6.07) is 19.9. The zero-order valence-corrected chi connectivity index (χ0v) is 22.9. The van der Waals surface area contributed by atoms with Gasteiger partial charge in [0.05, 0.1) is 17.9 Å². The van der Waals surface area contributed by atoms with Gasteiger partial charge in [0.1, 0.15) is 0 Å². The molecule has 0 radical (unpaired) electrons. The maximum Gasteiger partial charge on any atom is 0.234 e. The molecule has 0 spiro atoms. The average molecular weight is 561 g/mol. The molecule has 0 bridgehead atoms. The molecule has 6 rings (SSSR count). The molecule has 2 aliphatic heterocycles. The first-order chi connectivity index (χ1) is 19.1. The van der Waals surface area contributed by atoms with Crippen molar-refractivity contribution in [3.63, 3.8) is 0 Å². The fourth-order valence-corrected chi connectivity index (χ4v) is 6.45. The molecule has 1 N–H and O–H groups in total. The second-order valence-electron chi connectivity index (χ2n) is 9.49. The Morgan fingerprint density at radius 3 is 2.69 bits per heavy atom. The lowest BCUT2D eigenvalue weighted by Gasteiger charge is -2.34. The SMILES string of the molecule is O=C(CSc1nc(CC(=O)N2CCN(Cc3ccc4c(c3)OCO4)CC2)cs1)Nc1cccc2ccccc12. The molecule has 1 aromatic heterocycles. The molecule has 1 fully saturated rings. The van der Waals surface area contributed by atoms with Crippen LogP contribution in [0.15, 0.2) is 70.4 Å². The average Bonchev–Trinajstić information content (AvgIpc) is 3.61. The lowest BCUT2D eigenvalue weighted by atomic mass is 10.1. The topological polar surface area (TPSA) is 84.0 Å². The number of thioether (sulfide) groups is 1. The maximum atomic E-state index is 12.9. The quantitative estimate of drug-likeness (QED) is 0.314. The second-order valence-corrected chi connectivity index (χ2v) is 11.6.